The maximum absolute atomic E-state index is 13.1. The smallest absolute Gasteiger partial charge is 0.295 e. The monoisotopic (exact) mass is 484 g/mol. The van der Waals surface area contributed by atoms with Crippen LogP contribution in [0.4, 0.5) is 11.4 Å². The molecule has 0 radical (unpaired) electrons. The second kappa shape index (κ2) is 10.4. The van der Waals surface area contributed by atoms with Crippen molar-refractivity contribution in [3.05, 3.63) is 106 Å². The Balaban J connectivity index is 1.45. The molecule has 4 aromatic rings. The molecule has 184 valence electrons. The van der Waals surface area contributed by atoms with Gasteiger partial charge in [-0.15, -0.1) is 0 Å². The summed E-state index contributed by atoms with van der Waals surface area (Å²) in [7, 11) is 1.76. The zero-order valence-electron chi connectivity index (χ0n) is 20.7. The van der Waals surface area contributed by atoms with Gasteiger partial charge in [0, 0.05) is 18.3 Å². The molecular formula is C28H28N4O4. The number of benzene rings is 3. The van der Waals surface area contributed by atoms with Gasteiger partial charge < -0.3 is 15.4 Å². The molecule has 36 heavy (non-hydrogen) atoms. The van der Waals surface area contributed by atoms with Crippen molar-refractivity contribution in [2.24, 2.45) is 7.05 Å². The maximum atomic E-state index is 13.1. The number of amides is 2. The molecular weight excluding hydrogens is 456 g/mol. The number of hydrogen-bond acceptors (Lipinski definition) is 4. The number of anilines is 2. The minimum absolute atomic E-state index is 0.165. The van der Waals surface area contributed by atoms with E-state index in [9.17, 15) is 14.4 Å². The third-order valence-electron chi connectivity index (χ3n) is 5.77. The number of hydrogen-bond donors (Lipinski definition) is 2. The standard InChI is InChI=1S/C28H28N4O4/c1-18-13-19(2)15-24(14-18)36-17-25(33)29-22-10-8-9-21(16-22)27(34)30-26-20(3)31(4)32(28(26)35)23-11-6-5-7-12-23/h5-16H,17H2,1-4H3,(H,29,33)(H,30,34). The Morgan fingerprint density at radius 2 is 1.56 bits per heavy atom. The first-order valence-electron chi connectivity index (χ1n) is 11.5. The minimum atomic E-state index is -0.455. The van der Waals surface area contributed by atoms with Crippen LogP contribution >= 0.6 is 0 Å². The van der Waals surface area contributed by atoms with Crippen LogP contribution in [0.15, 0.2) is 77.6 Å². The van der Waals surface area contributed by atoms with Crippen molar-refractivity contribution in [2.75, 3.05) is 17.2 Å². The molecule has 4 rings (SSSR count). The van der Waals surface area contributed by atoms with Crippen LogP contribution in [-0.4, -0.2) is 27.8 Å². The molecule has 3 aromatic carbocycles. The molecule has 0 atom stereocenters. The average Bonchev–Trinajstić information content (AvgIpc) is 3.06. The summed E-state index contributed by atoms with van der Waals surface area (Å²) in [5.74, 6) is -0.185. The highest BCUT2D eigenvalue weighted by Gasteiger charge is 2.19. The lowest BCUT2D eigenvalue weighted by molar-refractivity contribution is -0.118. The first kappa shape index (κ1) is 24.5. The van der Waals surface area contributed by atoms with Crippen LogP contribution in [0.2, 0.25) is 0 Å². The molecule has 1 aromatic heterocycles. The van der Waals surface area contributed by atoms with Crippen LogP contribution in [0, 0.1) is 20.8 Å². The van der Waals surface area contributed by atoms with Gasteiger partial charge in [-0.1, -0.05) is 30.3 Å². The predicted octanol–water partition coefficient (Wildman–Crippen LogP) is 4.37. The Morgan fingerprint density at radius 3 is 2.25 bits per heavy atom. The lowest BCUT2D eigenvalue weighted by Gasteiger charge is -2.10. The van der Waals surface area contributed by atoms with Gasteiger partial charge in [-0.25, -0.2) is 4.68 Å². The zero-order chi connectivity index (χ0) is 25.8. The first-order valence-corrected chi connectivity index (χ1v) is 11.5. The lowest BCUT2D eigenvalue weighted by atomic mass is 10.1. The van der Waals surface area contributed by atoms with E-state index in [4.69, 9.17) is 4.74 Å². The van der Waals surface area contributed by atoms with Crippen molar-refractivity contribution in [1.29, 1.82) is 0 Å². The number of carbonyl (C=O) groups is 2. The van der Waals surface area contributed by atoms with Crippen molar-refractivity contribution in [2.45, 2.75) is 20.8 Å². The van der Waals surface area contributed by atoms with Gasteiger partial charge in [0.2, 0.25) is 0 Å². The summed E-state index contributed by atoms with van der Waals surface area (Å²) in [6, 6.07) is 21.5. The molecule has 0 spiro atoms. The van der Waals surface area contributed by atoms with E-state index in [0.29, 0.717) is 28.4 Å². The number of carbonyl (C=O) groups excluding carboxylic acids is 2. The lowest BCUT2D eigenvalue weighted by Crippen LogP contribution is -2.23. The van der Waals surface area contributed by atoms with E-state index >= 15 is 0 Å². The van der Waals surface area contributed by atoms with Crippen molar-refractivity contribution in [1.82, 2.24) is 9.36 Å². The number of para-hydroxylation sites is 1. The largest absolute Gasteiger partial charge is 0.484 e. The Morgan fingerprint density at radius 1 is 0.861 bits per heavy atom. The molecule has 8 heteroatoms. The Hall–Kier alpha value is -4.59. The molecule has 0 saturated carbocycles. The number of nitrogens with zero attached hydrogens (tertiary/aromatic N) is 2. The number of rotatable bonds is 7. The van der Waals surface area contributed by atoms with E-state index in [2.05, 4.69) is 10.6 Å². The SMILES string of the molecule is Cc1cc(C)cc(OCC(=O)Nc2cccc(C(=O)Nc3c(C)n(C)n(-c4ccccc4)c3=O)c2)c1. The third-order valence-corrected chi connectivity index (χ3v) is 5.77. The fraction of sp³-hybridized carbons (Fsp3) is 0.179. The Bertz CT molecular complexity index is 1470. The topological polar surface area (TPSA) is 94.4 Å². The maximum Gasteiger partial charge on any atom is 0.295 e. The van der Waals surface area contributed by atoms with E-state index < -0.39 is 5.91 Å². The van der Waals surface area contributed by atoms with Crippen molar-refractivity contribution >= 4 is 23.2 Å². The van der Waals surface area contributed by atoms with Crippen molar-refractivity contribution in [3.8, 4) is 11.4 Å². The van der Waals surface area contributed by atoms with Crippen LogP contribution in [0.5, 0.6) is 5.75 Å². The van der Waals surface area contributed by atoms with E-state index in [-0.39, 0.29) is 23.8 Å². The molecule has 0 fully saturated rings. The second-order valence-corrected chi connectivity index (χ2v) is 8.63. The van der Waals surface area contributed by atoms with E-state index in [1.807, 2.05) is 62.4 Å². The molecule has 2 amide bonds. The van der Waals surface area contributed by atoms with E-state index in [1.165, 1.54) is 4.68 Å². The normalized spacial score (nSPS) is 10.7. The quantitative estimate of drug-likeness (QED) is 0.407. The highest BCUT2D eigenvalue weighted by atomic mass is 16.5. The average molecular weight is 485 g/mol. The van der Waals surface area contributed by atoms with Crippen LogP contribution in [0.25, 0.3) is 5.69 Å². The summed E-state index contributed by atoms with van der Waals surface area (Å²) in [6.45, 7) is 5.53. The summed E-state index contributed by atoms with van der Waals surface area (Å²) in [5.41, 5.74) is 4.03. The van der Waals surface area contributed by atoms with Gasteiger partial charge in [-0.05, 0) is 74.4 Å². The Labute approximate surface area is 209 Å². The summed E-state index contributed by atoms with van der Waals surface area (Å²) in [6.07, 6.45) is 0. The summed E-state index contributed by atoms with van der Waals surface area (Å²) >= 11 is 0. The van der Waals surface area contributed by atoms with Gasteiger partial charge in [-0.3, -0.25) is 19.1 Å². The molecule has 8 nitrogen and oxygen atoms in total. The highest BCUT2D eigenvalue weighted by molar-refractivity contribution is 6.05. The third kappa shape index (κ3) is 5.38. The molecule has 1 heterocycles. The first-order chi connectivity index (χ1) is 17.2. The van der Waals surface area contributed by atoms with Gasteiger partial charge in [0.25, 0.3) is 17.4 Å². The highest BCUT2D eigenvalue weighted by Crippen LogP contribution is 2.18. The molecule has 0 aliphatic rings. The number of nitrogens with one attached hydrogen (secondary N) is 2. The summed E-state index contributed by atoms with van der Waals surface area (Å²) < 4.78 is 8.80. The molecule has 0 unspecified atom stereocenters. The fourth-order valence-corrected chi connectivity index (χ4v) is 4.00. The molecule has 0 saturated heterocycles. The minimum Gasteiger partial charge on any atom is -0.484 e. The van der Waals surface area contributed by atoms with Crippen molar-refractivity contribution in [3.63, 3.8) is 0 Å². The Kier molecular flexibility index (Phi) is 7.05. The van der Waals surface area contributed by atoms with Gasteiger partial charge in [-0.2, -0.15) is 0 Å². The molecule has 0 aliphatic carbocycles. The van der Waals surface area contributed by atoms with Gasteiger partial charge in [0.15, 0.2) is 6.61 Å². The zero-order valence-corrected chi connectivity index (χ0v) is 20.7. The molecule has 0 bridgehead atoms. The van der Waals surface area contributed by atoms with Crippen LogP contribution in [0.1, 0.15) is 27.2 Å². The second-order valence-electron chi connectivity index (χ2n) is 8.63. The van der Waals surface area contributed by atoms with Crippen LogP contribution in [0.3, 0.4) is 0 Å². The molecule has 2 N–H and O–H groups in total. The van der Waals surface area contributed by atoms with Gasteiger partial charge in [0.05, 0.1) is 11.4 Å². The van der Waals surface area contributed by atoms with Gasteiger partial charge >= 0.3 is 0 Å². The summed E-state index contributed by atoms with van der Waals surface area (Å²) in [5, 5.41) is 5.48. The predicted molar refractivity (Wildman–Crippen MR) is 140 cm³/mol. The number of aromatic nitrogens is 2. The number of ether oxygens (including phenoxy) is 1. The molecule has 0 aliphatic heterocycles. The summed E-state index contributed by atoms with van der Waals surface area (Å²) in [4.78, 5) is 38.5. The fourth-order valence-electron chi connectivity index (χ4n) is 4.00. The number of aryl methyl sites for hydroxylation is 2. The van der Waals surface area contributed by atoms with E-state index in [0.717, 1.165) is 11.1 Å². The van der Waals surface area contributed by atoms with Gasteiger partial charge in [0.1, 0.15) is 11.4 Å². The van der Waals surface area contributed by atoms with E-state index in [1.54, 1.807) is 42.9 Å². The van der Waals surface area contributed by atoms with Crippen molar-refractivity contribution < 1.29 is 14.3 Å². The van der Waals surface area contributed by atoms with Crippen LogP contribution < -0.4 is 20.9 Å². The van der Waals surface area contributed by atoms with Crippen LogP contribution in [-0.2, 0) is 11.8 Å².